The molecule has 4 rings (SSSR count). The number of amidine groups is 1. The Kier molecular flexibility index (Phi) is 5.86. The zero-order valence-corrected chi connectivity index (χ0v) is 18.6. The molecule has 158 valence electrons. The number of carbonyl (C=O) groups excluding carboxylic acids is 1. The van der Waals surface area contributed by atoms with Crippen LogP contribution in [0.5, 0.6) is 0 Å². The average Bonchev–Trinajstić information content (AvgIpc) is 3.13. The molecule has 1 saturated heterocycles. The van der Waals surface area contributed by atoms with E-state index in [0.717, 1.165) is 28.4 Å². The van der Waals surface area contributed by atoms with E-state index in [1.807, 2.05) is 0 Å². The van der Waals surface area contributed by atoms with Gasteiger partial charge in [0, 0.05) is 16.2 Å². The average molecular weight is 516 g/mol. The summed E-state index contributed by atoms with van der Waals surface area (Å²) in [4.78, 5) is 18.2. The van der Waals surface area contributed by atoms with Crippen LogP contribution in [0.4, 0.5) is 20.2 Å². The second-order valence-corrected chi connectivity index (χ2v) is 10.9. The number of rotatable bonds is 4. The molecular weight excluding hydrogens is 500 g/mol. The molecule has 0 aromatic heterocycles. The molecule has 0 saturated carbocycles. The summed E-state index contributed by atoms with van der Waals surface area (Å²) in [6, 6.07) is 9.07. The monoisotopic (exact) mass is 515 g/mol. The summed E-state index contributed by atoms with van der Waals surface area (Å²) in [5.74, 6) is -2.13. The van der Waals surface area contributed by atoms with Crippen molar-refractivity contribution in [2.75, 3.05) is 27.5 Å². The molecular formula is C19H16BrF2N3O3S2. The van der Waals surface area contributed by atoms with Gasteiger partial charge in [0.15, 0.2) is 15.0 Å². The van der Waals surface area contributed by atoms with Gasteiger partial charge in [-0.1, -0.05) is 27.7 Å². The first kappa shape index (κ1) is 21.3. The lowest BCUT2D eigenvalue weighted by molar-refractivity contribution is -0.113. The second kappa shape index (κ2) is 8.27. The van der Waals surface area contributed by atoms with Gasteiger partial charge in [-0.3, -0.25) is 9.79 Å². The largest absolute Gasteiger partial charge is 0.325 e. The van der Waals surface area contributed by atoms with Gasteiger partial charge in [-0.2, -0.15) is 0 Å². The molecule has 2 aromatic carbocycles. The molecule has 11 heteroatoms. The first-order chi connectivity index (χ1) is 14.2. The Labute approximate surface area is 184 Å². The lowest BCUT2D eigenvalue weighted by Gasteiger charge is -2.26. The number of fused-ring (bicyclic) bond motifs is 1. The van der Waals surface area contributed by atoms with Crippen LogP contribution in [0.1, 0.15) is 0 Å². The number of amides is 1. The van der Waals surface area contributed by atoms with Crippen LogP contribution >= 0.6 is 27.7 Å². The lowest BCUT2D eigenvalue weighted by Crippen LogP contribution is -2.40. The highest BCUT2D eigenvalue weighted by Gasteiger charge is 2.47. The van der Waals surface area contributed by atoms with Gasteiger partial charge >= 0.3 is 0 Å². The van der Waals surface area contributed by atoms with E-state index in [9.17, 15) is 22.0 Å². The van der Waals surface area contributed by atoms with Crippen molar-refractivity contribution in [2.45, 2.75) is 12.1 Å². The minimum Gasteiger partial charge on any atom is -0.325 e. The number of nitrogens with zero attached hydrogens (tertiary/aromatic N) is 2. The number of anilines is 2. The lowest BCUT2D eigenvalue weighted by atomic mass is 10.1. The fraction of sp³-hybridized carbons (Fsp3) is 0.263. The molecule has 0 bridgehead atoms. The van der Waals surface area contributed by atoms with Crippen molar-refractivity contribution in [1.82, 2.24) is 0 Å². The summed E-state index contributed by atoms with van der Waals surface area (Å²) in [5, 5.41) is 3.10. The van der Waals surface area contributed by atoms with Gasteiger partial charge in [0.1, 0.15) is 11.6 Å². The number of nitrogens with one attached hydrogen (secondary N) is 1. The van der Waals surface area contributed by atoms with E-state index >= 15 is 0 Å². The highest BCUT2D eigenvalue weighted by molar-refractivity contribution is 9.10. The molecule has 30 heavy (non-hydrogen) atoms. The van der Waals surface area contributed by atoms with Gasteiger partial charge in [-0.05, 0) is 36.4 Å². The number of aliphatic imine (C=N–C) groups is 1. The SMILES string of the molecule is O=C(CSC1=N[C@@H]2CS(=O)(=O)C[C@H]2N1c1ccc(F)cc1F)Nc1ccc(Br)cc1. The van der Waals surface area contributed by atoms with Crippen LogP contribution < -0.4 is 10.2 Å². The van der Waals surface area contributed by atoms with E-state index in [0.29, 0.717) is 10.9 Å². The Morgan fingerprint density at radius 1 is 1.20 bits per heavy atom. The van der Waals surface area contributed by atoms with Gasteiger partial charge in [0.05, 0.1) is 35.0 Å². The summed E-state index contributed by atoms with van der Waals surface area (Å²) in [5.41, 5.74) is 0.669. The fourth-order valence-electron chi connectivity index (χ4n) is 3.45. The Balaban J connectivity index is 1.52. The first-order valence-electron chi connectivity index (χ1n) is 8.92. The van der Waals surface area contributed by atoms with Crippen molar-refractivity contribution in [2.24, 2.45) is 4.99 Å². The highest BCUT2D eigenvalue weighted by Crippen LogP contribution is 2.36. The Bertz CT molecular complexity index is 1130. The summed E-state index contributed by atoms with van der Waals surface area (Å²) in [7, 11) is -3.30. The first-order valence-corrected chi connectivity index (χ1v) is 12.5. The second-order valence-electron chi connectivity index (χ2n) is 6.93. The topological polar surface area (TPSA) is 78.8 Å². The molecule has 2 aromatic rings. The van der Waals surface area contributed by atoms with Crippen LogP contribution in [0.15, 0.2) is 51.9 Å². The number of benzene rings is 2. The van der Waals surface area contributed by atoms with Gasteiger partial charge in [-0.25, -0.2) is 17.2 Å². The maximum absolute atomic E-state index is 14.5. The van der Waals surface area contributed by atoms with Crippen LogP contribution in [0, 0.1) is 11.6 Å². The third-order valence-electron chi connectivity index (χ3n) is 4.74. The number of thioether (sulfide) groups is 1. The number of sulfone groups is 1. The van der Waals surface area contributed by atoms with Gasteiger partial charge in [0.25, 0.3) is 0 Å². The van der Waals surface area contributed by atoms with Crippen LogP contribution in [-0.2, 0) is 14.6 Å². The van der Waals surface area contributed by atoms with Crippen molar-refractivity contribution in [3.8, 4) is 0 Å². The molecule has 0 aliphatic carbocycles. The molecule has 0 spiro atoms. The normalized spacial score (nSPS) is 22.0. The van der Waals surface area contributed by atoms with Crippen molar-refractivity contribution in [3.05, 3.63) is 58.6 Å². The molecule has 0 radical (unpaired) electrons. The quantitative estimate of drug-likeness (QED) is 0.674. The zero-order valence-electron chi connectivity index (χ0n) is 15.4. The standard InChI is InChI=1S/C19H16BrF2N3O3S2/c20-11-1-4-13(5-2-11)23-18(26)8-29-19-24-15-9-30(27,28)10-17(15)25(19)16-6-3-12(21)7-14(16)22/h1-7,15,17H,8-10H2,(H,23,26)/t15-,17-/m1/s1. The fourth-order valence-corrected chi connectivity index (χ4v) is 6.48. The van der Waals surface area contributed by atoms with Crippen LogP contribution in [0.3, 0.4) is 0 Å². The van der Waals surface area contributed by atoms with Gasteiger partial charge < -0.3 is 10.2 Å². The van der Waals surface area contributed by atoms with Crippen LogP contribution in [0.2, 0.25) is 0 Å². The minimum atomic E-state index is -3.30. The predicted octanol–water partition coefficient (Wildman–Crippen LogP) is 3.44. The van der Waals surface area contributed by atoms with E-state index in [1.165, 1.54) is 11.0 Å². The highest BCUT2D eigenvalue weighted by atomic mass is 79.9. The summed E-state index contributed by atoms with van der Waals surface area (Å²) in [6.45, 7) is 0. The molecule has 2 aliphatic heterocycles. The van der Waals surface area contributed by atoms with Crippen molar-refractivity contribution >= 4 is 60.0 Å². The van der Waals surface area contributed by atoms with E-state index in [4.69, 9.17) is 0 Å². The van der Waals surface area contributed by atoms with E-state index < -0.39 is 33.6 Å². The molecule has 6 nitrogen and oxygen atoms in total. The molecule has 0 unspecified atom stereocenters. The van der Waals surface area contributed by atoms with Gasteiger partial charge in [0.2, 0.25) is 5.91 Å². The smallest absolute Gasteiger partial charge is 0.234 e. The number of carbonyl (C=O) groups is 1. The molecule has 1 fully saturated rings. The van der Waals surface area contributed by atoms with Crippen molar-refractivity contribution < 1.29 is 22.0 Å². The van der Waals surface area contributed by atoms with Crippen molar-refractivity contribution in [3.63, 3.8) is 0 Å². The Morgan fingerprint density at radius 2 is 1.93 bits per heavy atom. The van der Waals surface area contributed by atoms with Crippen molar-refractivity contribution in [1.29, 1.82) is 0 Å². The van der Waals surface area contributed by atoms with E-state index in [2.05, 4.69) is 26.2 Å². The van der Waals surface area contributed by atoms with Crippen LogP contribution in [0.25, 0.3) is 0 Å². The molecule has 1 N–H and O–H groups in total. The Morgan fingerprint density at radius 3 is 2.63 bits per heavy atom. The van der Waals surface area contributed by atoms with Gasteiger partial charge in [-0.15, -0.1) is 0 Å². The molecule has 2 atom stereocenters. The maximum Gasteiger partial charge on any atom is 0.234 e. The van der Waals surface area contributed by atoms with E-state index in [1.54, 1.807) is 24.3 Å². The third-order valence-corrected chi connectivity index (χ3v) is 7.93. The number of halogens is 3. The molecule has 1 amide bonds. The number of hydrogen-bond acceptors (Lipinski definition) is 6. The van der Waals surface area contributed by atoms with E-state index in [-0.39, 0.29) is 28.9 Å². The minimum absolute atomic E-state index is 0.000398. The Hall–Kier alpha value is -1.98. The predicted molar refractivity (Wildman–Crippen MR) is 118 cm³/mol. The zero-order chi connectivity index (χ0) is 21.5. The maximum atomic E-state index is 14.5. The summed E-state index contributed by atoms with van der Waals surface area (Å²) < 4.78 is 52.8. The van der Waals surface area contributed by atoms with Crippen LogP contribution in [-0.4, -0.2) is 48.8 Å². The number of hydrogen-bond donors (Lipinski definition) is 1. The molecule has 2 aliphatic rings. The third kappa shape index (κ3) is 4.52. The summed E-state index contributed by atoms with van der Waals surface area (Å²) >= 11 is 4.41. The summed E-state index contributed by atoms with van der Waals surface area (Å²) in [6.07, 6.45) is 0. The molecule has 2 heterocycles.